The Balaban J connectivity index is 2.98. The molecule has 0 bridgehead atoms. The van der Waals surface area contributed by atoms with Crippen molar-refractivity contribution < 1.29 is 17.9 Å². The lowest BCUT2D eigenvalue weighted by Crippen LogP contribution is -2.28. The van der Waals surface area contributed by atoms with Crippen molar-refractivity contribution in [3.8, 4) is 0 Å². The lowest BCUT2D eigenvalue weighted by molar-refractivity contribution is 0.0957. The van der Waals surface area contributed by atoms with Gasteiger partial charge >= 0.3 is 0 Å². The van der Waals surface area contributed by atoms with Crippen LogP contribution < -0.4 is 10.0 Å². The van der Waals surface area contributed by atoms with E-state index in [9.17, 15) is 13.2 Å². The SMILES string of the molecule is C=C(Br)CNC(=O)c1cc(S(=O)(=O)NCCOC)ccc1Br. The maximum absolute atomic E-state index is 12.1. The Kier molecular flexibility index (Phi) is 7.70. The number of hydrogen-bond donors (Lipinski definition) is 2. The van der Waals surface area contributed by atoms with Crippen LogP contribution in [0.15, 0.2) is 38.6 Å². The summed E-state index contributed by atoms with van der Waals surface area (Å²) in [4.78, 5) is 12.1. The second-order valence-electron chi connectivity index (χ2n) is 4.23. The lowest BCUT2D eigenvalue weighted by Gasteiger charge is -2.10. The summed E-state index contributed by atoms with van der Waals surface area (Å²) in [5, 5.41) is 2.62. The molecule has 6 nitrogen and oxygen atoms in total. The Morgan fingerprint density at radius 2 is 2.09 bits per heavy atom. The van der Waals surface area contributed by atoms with Crippen LogP contribution in [0.3, 0.4) is 0 Å². The predicted octanol–water partition coefficient (Wildman–Crippen LogP) is 2.01. The normalized spacial score (nSPS) is 11.2. The van der Waals surface area contributed by atoms with E-state index in [0.717, 1.165) is 0 Å². The second kappa shape index (κ2) is 8.78. The minimum absolute atomic E-state index is 0.00891. The van der Waals surface area contributed by atoms with Crippen molar-refractivity contribution in [2.24, 2.45) is 0 Å². The van der Waals surface area contributed by atoms with Gasteiger partial charge in [-0.1, -0.05) is 22.5 Å². The molecule has 0 aromatic heterocycles. The van der Waals surface area contributed by atoms with Crippen molar-refractivity contribution in [2.75, 3.05) is 26.8 Å². The topological polar surface area (TPSA) is 84.5 Å². The van der Waals surface area contributed by atoms with E-state index < -0.39 is 15.9 Å². The van der Waals surface area contributed by atoms with Crippen LogP contribution >= 0.6 is 31.9 Å². The van der Waals surface area contributed by atoms with Crippen molar-refractivity contribution in [3.63, 3.8) is 0 Å². The van der Waals surface area contributed by atoms with Gasteiger partial charge in [-0.2, -0.15) is 0 Å². The number of rotatable bonds is 8. The summed E-state index contributed by atoms with van der Waals surface area (Å²) >= 11 is 6.38. The summed E-state index contributed by atoms with van der Waals surface area (Å²) in [5.41, 5.74) is 0.225. The molecule has 1 rings (SSSR count). The van der Waals surface area contributed by atoms with Crippen LogP contribution in [0.4, 0.5) is 0 Å². The molecule has 0 aliphatic carbocycles. The van der Waals surface area contributed by atoms with Gasteiger partial charge in [0.1, 0.15) is 0 Å². The highest BCUT2D eigenvalue weighted by Gasteiger charge is 2.18. The van der Waals surface area contributed by atoms with Crippen LogP contribution in [-0.2, 0) is 14.8 Å². The van der Waals surface area contributed by atoms with E-state index in [4.69, 9.17) is 4.74 Å². The number of amides is 1. The van der Waals surface area contributed by atoms with Crippen molar-refractivity contribution >= 4 is 47.8 Å². The molecular formula is C13H16Br2N2O4S. The van der Waals surface area contributed by atoms with Gasteiger partial charge in [-0.25, -0.2) is 13.1 Å². The fourth-order valence-electron chi connectivity index (χ4n) is 1.48. The first-order valence-corrected chi connectivity index (χ1v) is 9.24. The van der Waals surface area contributed by atoms with E-state index in [2.05, 4.69) is 48.5 Å². The third-order valence-corrected chi connectivity index (χ3v) is 4.96. The molecule has 0 spiro atoms. The summed E-state index contributed by atoms with van der Waals surface area (Å²) in [6, 6.07) is 4.24. The van der Waals surface area contributed by atoms with Crippen LogP contribution in [0.25, 0.3) is 0 Å². The standard InChI is InChI=1S/C13H16Br2N2O4S/c1-9(14)8-16-13(18)11-7-10(3-4-12(11)15)22(19,20)17-5-6-21-2/h3-4,7,17H,1,5-6,8H2,2H3,(H,16,18). The molecular weight excluding hydrogens is 440 g/mol. The van der Waals surface area contributed by atoms with Gasteiger partial charge in [0.05, 0.1) is 17.1 Å². The van der Waals surface area contributed by atoms with Gasteiger partial charge < -0.3 is 10.1 Å². The third-order valence-electron chi connectivity index (χ3n) is 2.53. The van der Waals surface area contributed by atoms with Gasteiger partial charge in [0, 0.05) is 29.2 Å². The summed E-state index contributed by atoms with van der Waals surface area (Å²) in [6.45, 7) is 4.27. The number of benzene rings is 1. The number of carbonyl (C=O) groups excluding carboxylic acids is 1. The van der Waals surface area contributed by atoms with E-state index in [-0.39, 0.29) is 30.2 Å². The van der Waals surface area contributed by atoms with Gasteiger partial charge in [-0.15, -0.1) is 0 Å². The third kappa shape index (κ3) is 5.81. The van der Waals surface area contributed by atoms with Crippen molar-refractivity contribution in [1.82, 2.24) is 10.0 Å². The summed E-state index contributed by atoms with van der Waals surface area (Å²) in [7, 11) is -2.21. The highest BCUT2D eigenvalue weighted by Crippen LogP contribution is 2.21. The minimum atomic E-state index is -3.69. The van der Waals surface area contributed by atoms with Crippen molar-refractivity contribution in [1.29, 1.82) is 0 Å². The highest BCUT2D eigenvalue weighted by molar-refractivity contribution is 9.11. The van der Waals surface area contributed by atoms with E-state index in [1.54, 1.807) is 0 Å². The minimum Gasteiger partial charge on any atom is -0.383 e. The van der Waals surface area contributed by atoms with Crippen LogP contribution in [0.5, 0.6) is 0 Å². The van der Waals surface area contributed by atoms with Crippen LogP contribution in [-0.4, -0.2) is 41.1 Å². The van der Waals surface area contributed by atoms with E-state index >= 15 is 0 Å². The molecule has 0 atom stereocenters. The zero-order chi connectivity index (χ0) is 16.8. The number of carbonyl (C=O) groups is 1. The first kappa shape index (κ1) is 19.3. The number of hydrogen-bond acceptors (Lipinski definition) is 4. The fraction of sp³-hybridized carbons (Fsp3) is 0.308. The Morgan fingerprint density at radius 3 is 2.68 bits per heavy atom. The molecule has 1 amide bonds. The van der Waals surface area contributed by atoms with Gasteiger partial charge in [0.2, 0.25) is 10.0 Å². The Labute approximate surface area is 146 Å². The second-order valence-corrected chi connectivity index (χ2v) is 7.97. The molecule has 0 unspecified atom stereocenters. The molecule has 2 N–H and O–H groups in total. The molecule has 1 aromatic carbocycles. The molecule has 0 aliphatic rings. The highest BCUT2D eigenvalue weighted by atomic mass is 79.9. The summed E-state index contributed by atoms with van der Waals surface area (Å²) in [6.07, 6.45) is 0. The quantitative estimate of drug-likeness (QED) is 0.587. The van der Waals surface area contributed by atoms with Crippen LogP contribution in [0, 0.1) is 0 Å². The van der Waals surface area contributed by atoms with Crippen molar-refractivity contribution in [2.45, 2.75) is 4.90 Å². The summed E-state index contributed by atoms with van der Waals surface area (Å²) < 4.78 is 32.5. The molecule has 0 heterocycles. The van der Waals surface area contributed by atoms with Crippen LogP contribution in [0.2, 0.25) is 0 Å². The maximum atomic E-state index is 12.1. The molecule has 122 valence electrons. The van der Waals surface area contributed by atoms with Crippen LogP contribution in [0.1, 0.15) is 10.4 Å². The van der Waals surface area contributed by atoms with Gasteiger partial charge in [-0.05, 0) is 34.1 Å². The molecule has 0 saturated heterocycles. The molecule has 1 aromatic rings. The number of halogens is 2. The average Bonchev–Trinajstić information content (AvgIpc) is 2.45. The number of methoxy groups -OCH3 is 1. The monoisotopic (exact) mass is 454 g/mol. The average molecular weight is 456 g/mol. The smallest absolute Gasteiger partial charge is 0.252 e. The molecule has 0 radical (unpaired) electrons. The molecule has 9 heteroatoms. The largest absolute Gasteiger partial charge is 0.383 e. The Hall–Kier alpha value is -0.740. The fourth-order valence-corrected chi connectivity index (χ4v) is 3.08. The van der Waals surface area contributed by atoms with Crippen molar-refractivity contribution in [3.05, 3.63) is 39.3 Å². The van der Waals surface area contributed by atoms with E-state index in [0.29, 0.717) is 8.96 Å². The zero-order valence-electron chi connectivity index (χ0n) is 11.9. The molecule has 0 fully saturated rings. The number of sulfonamides is 1. The number of nitrogens with one attached hydrogen (secondary N) is 2. The Bertz CT molecular complexity index is 662. The van der Waals surface area contributed by atoms with E-state index in [1.807, 2.05) is 0 Å². The Morgan fingerprint density at radius 1 is 1.41 bits per heavy atom. The van der Waals surface area contributed by atoms with E-state index in [1.165, 1.54) is 25.3 Å². The van der Waals surface area contributed by atoms with Gasteiger partial charge in [-0.3, -0.25) is 4.79 Å². The number of ether oxygens (including phenoxy) is 1. The van der Waals surface area contributed by atoms with Gasteiger partial charge in [0.25, 0.3) is 5.91 Å². The zero-order valence-corrected chi connectivity index (χ0v) is 15.8. The van der Waals surface area contributed by atoms with Gasteiger partial charge in [0.15, 0.2) is 0 Å². The molecule has 22 heavy (non-hydrogen) atoms. The first-order valence-electron chi connectivity index (χ1n) is 6.17. The lowest BCUT2D eigenvalue weighted by atomic mass is 10.2. The summed E-state index contributed by atoms with van der Waals surface area (Å²) in [5.74, 6) is -0.401. The molecule has 0 saturated carbocycles. The maximum Gasteiger partial charge on any atom is 0.252 e. The molecule has 0 aliphatic heterocycles. The predicted molar refractivity (Wildman–Crippen MR) is 91.6 cm³/mol. The first-order chi connectivity index (χ1) is 10.3.